The molecule has 0 aliphatic rings. The first-order chi connectivity index (χ1) is 10.8. The molecule has 0 radical (unpaired) electrons. The van der Waals surface area contributed by atoms with E-state index in [-0.39, 0.29) is 6.42 Å². The summed E-state index contributed by atoms with van der Waals surface area (Å²) >= 11 is 0. The fourth-order valence-corrected chi connectivity index (χ4v) is 1.90. The Morgan fingerprint density at radius 3 is 2.09 bits per heavy atom. The zero-order valence-electron chi connectivity index (χ0n) is 12.5. The van der Waals surface area contributed by atoms with Crippen LogP contribution in [0.15, 0.2) is 24.3 Å². The van der Waals surface area contributed by atoms with Gasteiger partial charge in [0.2, 0.25) is 0 Å². The molecule has 0 aromatic heterocycles. The average Bonchev–Trinajstić information content (AvgIpc) is 2.58. The Morgan fingerprint density at radius 2 is 1.61 bits per heavy atom. The van der Waals surface area contributed by atoms with Crippen LogP contribution in [0.25, 0.3) is 0 Å². The minimum Gasteiger partial charge on any atom is -0.465 e. The average molecular weight is 328 g/mol. The third kappa shape index (κ3) is 5.08. The number of benzene rings is 1. The lowest BCUT2D eigenvalue weighted by Crippen LogP contribution is -2.49. The van der Waals surface area contributed by atoms with Gasteiger partial charge >= 0.3 is 5.97 Å². The molecule has 0 amide bonds. The van der Waals surface area contributed by atoms with Gasteiger partial charge in [0.15, 0.2) is 5.78 Å². The predicted molar refractivity (Wildman–Crippen MR) is 77.6 cm³/mol. The molecule has 0 aliphatic carbocycles. The summed E-state index contributed by atoms with van der Waals surface area (Å²) in [5.41, 5.74) is 0.775. The van der Waals surface area contributed by atoms with Crippen molar-refractivity contribution in [1.82, 2.24) is 0 Å². The van der Waals surface area contributed by atoms with Crippen molar-refractivity contribution in [3.8, 4) is 0 Å². The predicted octanol–water partition coefficient (Wildman–Crippen LogP) is -1.98. The monoisotopic (exact) mass is 328 g/mol. The molecule has 0 spiro atoms. The van der Waals surface area contributed by atoms with Crippen molar-refractivity contribution in [3.63, 3.8) is 0 Å². The topological polar surface area (TPSA) is 145 Å². The number of Topliss-reactive ketones (excluding diaryl/α,β-unsaturated/α-hetero) is 1. The number of aliphatic hydroxyl groups excluding tert-OH is 5. The van der Waals surface area contributed by atoms with E-state index in [2.05, 4.69) is 4.74 Å². The third-order valence-electron chi connectivity index (χ3n) is 3.34. The standard InChI is InChI=1S/C15H20O8/c1-23-15(22)9-4-2-8(3-5-9)6-10(17)12(19)14(21)13(20)11(18)7-16/h2-5,11-14,16,18-21H,6-7H2,1H3/t11-,12+,13-,14-/m1/s1. The molecule has 0 saturated heterocycles. The maximum absolute atomic E-state index is 11.9. The second kappa shape index (κ2) is 8.70. The van der Waals surface area contributed by atoms with Crippen LogP contribution < -0.4 is 0 Å². The van der Waals surface area contributed by atoms with Crippen LogP contribution in [0.1, 0.15) is 15.9 Å². The lowest BCUT2D eigenvalue weighted by molar-refractivity contribution is -0.146. The van der Waals surface area contributed by atoms with Crippen LogP contribution >= 0.6 is 0 Å². The molecule has 0 saturated carbocycles. The van der Waals surface area contributed by atoms with Crippen LogP contribution in [0.2, 0.25) is 0 Å². The fourth-order valence-electron chi connectivity index (χ4n) is 1.90. The van der Waals surface area contributed by atoms with Crippen molar-refractivity contribution in [3.05, 3.63) is 35.4 Å². The van der Waals surface area contributed by atoms with Gasteiger partial charge in [0.05, 0.1) is 19.3 Å². The van der Waals surface area contributed by atoms with Crippen LogP contribution in [0.4, 0.5) is 0 Å². The normalized spacial score (nSPS) is 16.3. The third-order valence-corrected chi connectivity index (χ3v) is 3.34. The SMILES string of the molecule is COC(=O)c1ccc(CC(=O)[C@H](O)[C@@H](O)[C@H](O)[C@H](O)CO)cc1. The molecule has 4 atom stereocenters. The first kappa shape index (κ1) is 19.2. The lowest BCUT2D eigenvalue weighted by atomic mass is 9.96. The number of methoxy groups -OCH3 is 1. The molecule has 128 valence electrons. The highest BCUT2D eigenvalue weighted by atomic mass is 16.5. The van der Waals surface area contributed by atoms with Gasteiger partial charge in [-0.05, 0) is 17.7 Å². The van der Waals surface area contributed by atoms with Gasteiger partial charge in [0.1, 0.15) is 24.4 Å². The Hall–Kier alpha value is -1.84. The molecular weight excluding hydrogens is 308 g/mol. The second-order valence-electron chi connectivity index (χ2n) is 5.01. The summed E-state index contributed by atoms with van der Waals surface area (Å²) in [4.78, 5) is 23.2. The van der Waals surface area contributed by atoms with E-state index in [4.69, 9.17) is 5.11 Å². The number of carbonyl (C=O) groups excluding carboxylic acids is 2. The van der Waals surface area contributed by atoms with Crippen LogP contribution in [0.3, 0.4) is 0 Å². The second-order valence-corrected chi connectivity index (χ2v) is 5.01. The highest BCUT2D eigenvalue weighted by Crippen LogP contribution is 2.11. The molecule has 0 aliphatic heterocycles. The molecule has 23 heavy (non-hydrogen) atoms. The Morgan fingerprint density at radius 1 is 1.04 bits per heavy atom. The van der Waals surface area contributed by atoms with E-state index in [1.54, 1.807) is 0 Å². The van der Waals surface area contributed by atoms with Gasteiger partial charge in [-0.1, -0.05) is 12.1 Å². The minimum absolute atomic E-state index is 0.248. The van der Waals surface area contributed by atoms with E-state index < -0.39 is 42.8 Å². The van der Waals surface area contributed by atoms with E-state index in [1.165, 1.54) is 31.4 Å². The Balaban J connectivity index is 2.69. The summed E-state index contributed by atoms with van der Waals surface area (Å²) in [7, 11) is 1.24. The zero-order chi connectivity index (χ0) is 17.6. The number of esters is 1. The molecule has 0 unspecified atom stereocenters. The van der Waals surface area contributed by atoms with Gasteiger partial charge in [-0.15, -0.1) is 0 Å². The Labute approximate surface area is 132 Å². The van der Waals surface area contributed by atoms with Crippen molar-refractivity contribution >= 4 is 11.8 Å². The Kier molecular flexibility index (Phi) is 7.27. The zero-order valence-corrected chi connectivity index (χ0v) is 12.5. The van der Waals surface area contributed by atoms with E-state index >= 15 is 0 Å². The van der Waals surface area contributed by atoms with E-state index in [0.29, 0.717) is 11.1 Å². The van der Waals surface area contributed by atoms with Crippen molar-refractivity contribution in [2.24, 2.45) is 0 Å². The molecule has 8 nitrogen and oxygen atoms in total. The lowest BCUT2D eigenvalue weighted by Gasteiger charge is -2.24. The van der Waals surface area contributed by atoms with Crippen LogP contribution in [0.5, 0.6) is 0 Å². The maximum atomic E-state index is 11.9. The summed E-state index contributed by atoms with van der Waals surface area (Å²) in [6.07, 6.45) is -7.64. The number of carbonyl (C=O) groups is 2. The van der Waals surface area contributed by atoms with Crippen LogP contribution in [0, 0.1) is 0 Å². The summed E-state index contributed by atoms with van der Waals surface area (Å²) in [5.74, 6) is -1.31. The molecule has 0 fully saturated rings. The number of aliphatic hydroxyl groups is 5. The molecule has 1 aromatic rings. The van der Waals surface area contributed by atoms with Gasteiger partial charge in [-0.2, -0.15) is 0 Å². The van der Waals surface area contributed by atoms with Gasteiger partial charge in [-0.25, -0.2) is 4.79 Å². The van der Waals surface area contributed by atoms with Gasteiger partial charge in [0, 0.05) is 6.42 Å². The maximum Gasteiger partial charge on any atom is 0.337 e. The van der Waals surface area contributed by atoms with E-state index in [0.717, 1.165) is 0 Å². The number of ketones is 1. The molecule has 1 aromatic carbocycles. The quantitative estimate of drug-likeness (QED) is 0.345. The summed E-state index contributed by atoms with van der Waals surface area (Å²) in [6.45, 7) is -0.825. The number of ether oxygens (including phenoxy) is 1. The first-order valence-corrected chi connectivity index (χ1v) is 6.85. The first-order valence-electron chi connectivity index (χ1n) is 6.85. The summed E-state index contributed by atoms with van der Waals surface area (Å²) in [5, 5.41) is 46.7. The minimum atomic E-state index is -1.93. The summed E-state index contributed by atoms with van der Waals surface area (Å²) < 4.78 is 4.54. The molecular formula is C15H20O8. The Bertz CT molecular complexity index is 527. The fraction of sp³-hybridized carbons (Fsp3) is 0.467. The van der Waals surface area contributed by atoms with Crippen molar-refractivity contribution < 1.29 is 39.9 Å². The number of hydrogen-bond donors (Lipinski definition) is 5. The molecule has 0 heterocycles. The van der Waals surface area contributed by atoms with Crippen molar-refractivity contribution in [2.45, 2.75) is 30.8 Å². The van der Waals surface area contributed by atoms with Gasteiger partial charge in [-0.3, -0.25) is 4.79 Å². The van der Waals surface area contributed by atoms with Crippen LogP contribution in [-0.4, -0.2) is 75.4 Å². The van der Waals surface area contributed by atoms with E-state index in [9.17, 15) is 30.0 Å². The molecule has 8 heteroatoms. The number of rotatable bonds is 8. The molecule has 1 rings (SSSR count). The van der Waals surface area contributed by atoms with E-state index in [1.807, 2.05) is 0 Å². The number of hydrogen-bond acceptors (Lipinski definition) is 8. The van der Waals surface area contributed by atoms with Crippen LogP contribution in [-0.2, 0) is 16.0 Å². The highest BCUT2D eigenvalue weighted by molar-refractivity contribution is 5.90. The highest BCUT2D eigenvalue weighted by Gasteiger charge is 2.33. The van der Waals surface area contributed by atoms with Crippen molar-refractivity contribution in [2.75, 3.05) is 13.7 Å². The van der Waals surface area contributed by atoms with Gasteiger partial charge in [0.25, 0.3) is 0 Å². The van der Waals surface area contributed by atoms with Gasteiger partial charge < -0.3 is 30.3 Å². The summed E-state index contributed by atoms with van der Waals surface area (Å²) in [6, 6.07) is 5.87. The largest absolute Gasteiger partial charge is 0.465 e. The molecule has 0 bridgehead atoms. The van der Waals surface area contributed by atoms with Crippen molar-refractivity contribution in [1.29, 1.82) is 0 Å². The smallest absolute Gasteiger partial charge is 0.337 e. The molecule has 5 N–H and O–H groups in total.